The highest BCUT2D eigenvalue weighted by Crippen LogP contribution is 2.25. The SMILES string of the molecule is C1=CNc2ccccc2C=N1.Cc1ccc(C(=O)O)cc1C(=O)O.Cc1ccccc1C(=O)Nc1ccc(C(=O)C2=c3ccc4c(c3CCC2)CC=c2ccccc2=4)cc1. The molecule has 298 valence electrons. The Labute approximate surface area is 347 Å². The number of ketones is 1. The zero-order valence-corrected chi connectivity index (χ0v) is 33.2. The Morgan fingerprint density at radius 1 is 0.650 bits per heavy atom. The van der Waals surface area contributed by atoms with Gasteiger partial charge in [0.05, 0.1) is 11.1 Å². The molecule has 3 aliphatic rings. The van der Waals surface area contributed by atoms with E-state index in [2.05, 4.69) is 58.1 Å². The molecule has 1 aliphatic heterocycles. The Kier molecular flexibility index (Phi) is 12.4. The summed E-state index contributed by atoms with van der Waals surface area (Å²) in [5.41, 5.74) is 9.30. The lowest BCUT2D eigenvalue weighted by Gasteiger charge is -2.20. The molecule has 9 rings (SSSR count). The number of aromatic carboxylic acids is 2. The molecule has 0 radical (unpaired) electrons. The van der Waals surface area contributed by atoms with E-state index in [1.165, 1.54) is 38.9 Å². The molecule has 2 aliphatic carbocycles. The van der Waals surface area contributed by atoms with E-state index in [1.807, 2.05) is 92.1 Å². The first-order chi connectivity index (χ1) is 29.1. The lowest BCUT2D eigenvalue weighted by atomic mass is 9.84. The molecule has 0 unspecified atom stereocenters. The van der Waals surface area contributed by atoms with Gasteiger partial charge in [-0.25, -0.2) is 9.59 Å². The standard InChI is InChI=1S/C33H27NO2.C9H8N2.C9H8O4/c1-21-7-2-4-9-25(21)33(36)34-24-16-13-23(14-17-24)32(35)31-12-6-11-27-29-18-15-22-8-3-5-10-26(22)28(29)19-20-30(27)31;1-2-4-9-8(3-1)7-10-5-6-11-9;1-5-2-3-6(8(10)11)4-7(5)9(12)13/h2-5,7-10,13-17,19-20H,6,11-12,18H2,1H3,(H,34,36);1-7,11H;2-4H,1H3,(H,10,11)(H,12,13). The number of Topliss-reactive ketones (excluding diaryl/α,β-unsaturated/α-hetero) is 1. The minimum Gasteiger partial charge on any atom is -0.478 e. The van der Waals surface area contributed by atoms with Crippen molar-refractivity contribution in [3.63, 3.8) is 0 Å². The van der Waals surface area contributed by atoms with Crippen molar-refractivity contribution in [3.05, 3.63) is 211 Å². The molecule has 9 nitrogen and oxygen atoms in total. The molecule has 0 fully saturated rings. The summed E-state index contributed by atoms with van der Waals surface area (Å²) in [4.78, 5) is 51.4. The number of amides is 1. The second kappa shape index (κ2) is 18.3. The van der Waals surface area contributed by atoms with Crippen LogP contribution in [-0.2, 0) is 12.8 Å². The first kappa shape index (κ1) is 40.5. The van der Waals surface area contributed by atoms with Crippen molar-refractivity contribution in [1.29, 1.82) is 0 Å². The van der Waals surface area contributed by atoms with Crippen LogP contribution in [0.15, 0.2) is 145 Å². The van der Waals surface area contributed by atoms with Gasteiger partial charge in [-0.05, 0) is 131 Å². The Morgan fingerprint density at radius 3 is 2.13 bits per heavy atom. The smallest absolute Gasteiger partial charge is 0.335 e. The van der Waals surface area contributed by atoms with E-state index in [9.17, 15) is 19.2 Å². The summed E-state index contributed by atoms with van der Waals surface area (Å²) in [6.07, 6.45) is 11.4. The number of fused-ring (bicyclic) bond motifs is 5. The van der Waals surface area contributed by atoms with E-state index in [0.717, 1.165) is 59.4 Å². The van der Waals surface area contributed by atoms with Gasteiger partial charge in [-0.2, -0.15) is 0 Å². The van der Waals surface area contributed by atoms with Crippen molar-refractivity contribution in [2.75, 3.05) is 10.6 Å². The summed E-state index contributed by atoms with van der Waals surface area (Å²) >= 11 is 0. The highest BCUT2D eigenvalue weighted by atomic mass is 16.4. The largest absolute Gasteiger partial charge is 0.478 e. The Hall–Kier alpha value is -7.65. The number of carboxylic acids is 2. The fourth-order valence-electron chi connectivity index (χ4n) is 7.62. The third-order valence-electron chi connectivity index (χ3n) is 10.7. The van der Waals surface area contributed by atoms with Crippen LogP contribution in [0.1, 0.15) is 82.1 Å². The average molecular weight is 794 g/mol. The predicted octanol–water partition coefficient (Wildman–Crippen LogP) is 8.63. The van der Waals surface area contributed by atoms with Gasteiger partial charge < -0.3 is 20.8 Å². The van der Waals surface area contributed by atoms with E-state index in [1.54, 1.807) is 13.1 Å². The maximum Gasteiger partial charge on any atom is 0.335 e. The topological polar surface area (TPSA) is 145 Å². The van der Waals surface area contributed by atoms with Crippen molar-refractivity contribution in [2.45, 2.75) is 39.5 Å². The van der Waals surface area contributed by atoms with Gasteiger partial charge in [0.25, 0.3) is 5.91 Å². The van der Waals surface area contributed by atoms with E-state index in [-0.39, 0.29) is 22.8 Å². The van der Waals surface area contributed by atoms with Crippen molar-refractivity contribution in [1.82, 2.24) is 0 Å². The van der Waals surface area contributed by atoms with Crippen LogP contribution in [0.5, 0.6) is 0 Å². The maximum atomic E-state index is 13.6. The number of carbonyl (C=O) groups is 4. The van der Waals surface area contributed by atoms with Crippen LogP contribution >= 0.6 is 0 Å². The van der Waals surface area contributed by atoms with Crippen LogP contribution in [0.25, 0.3) is 11.6 Å². The summed E-state index contributed by atoms with van der Waals surface area (Å²) in [6, 6.07) is 39.7. The minimum absolute atomic E-state index is 0.0111. The summed E-state index contributed by atoms with van der Waals surface area (Å²) in [5.74, 6) is -2.30. The van der Waals surface area contributed by atoms with Gasteiger partial charge in [-0.15, -0.1) is 0 Å². The number of benzene rings is 6. The van der Waals surface area contributed by atoms with Crippen molar-refractivity contribution < 1.29 is 29.4 Å². The number of carbonyl (C=O) groups excluding carboxylic acids is 2. The first-order valence-corrected chi connectivity index (χ1v) is 19.7. The van der Waals surface area contributed by atoms with Gasteiger partial charge in [0.15, 0.2) is 5.78 Å². The second-order valence-corrected chi connectivity index (χ2v) is 14.6. The monoisotopic (exact) mass is 793 g/mol. The molecule has 0 atom stereocenters. The molecule has 1 amide bonds. The van der Waals surface area contributed by atoms with E-state index in [0.29, 0.717) is 22.4 Å². The Morgan fingerprint density at radius 2 is 1.35 bits per heavy atom. The zero-order valence-electron chi connectivity index (χ0n) is 33.2. The van der Waals surface area contributed by atoms with Crippen LogP contribution in [0.3, 0.4) is 0 Å². The van der Waals surface area contributed by atoms with Crippen LogP contribution in [0.2, 0.25) is 0 Å². The minimum atomic E-state index is -1.12. The molecule has 6 aromatic carbocycles. The highest BCUT2D eigenvalue weighted by molar-refractivity contribution is 6.24. The van der Waals surface area contributed by atoms with Gasteiger partial charge in [0.1, 0.15) is 0 Å². The molecule has 0 saturated heterocycles. The van der Waals surface area contributed by atoms with Gasteiger partial charge in [-0.3, -0.25) is 14.6 Å². The van der Waals surface area contributed by atoms with Gasteiger partial charge in [-0.1, -0.05) is 84.9 Å². The third-order valence-corrected chi connectivity index (χ3v) is 10.7. The number of rotatable bonds is 6. The van der Waals surface area contributed by atoms with Crippen LogP contribution in [0, 0.1) is 24.3 Å². The Bertz CT molecular complexity index is 2950. The number of nitrogens with zero attached hydrogens (tertiary/aromatic N) is 1. The second-order valence-electron chi connectivity index (χ2n) is 14.6. The fraction of sp³-hybridized carbons (Fsp3) is 0.118. The predicted molar refractivity (Wildman–Crippen MR) is 236 cm³/mol. The van der Waals surface area contributed by atoms with E-state index >= 15 is 0 Å². The fourth-order valence-corrected chi connectivity index (χ4v) is 7.62. The molecule has 6 aromatic rings. The van der Waals surface area contributed by atoms with Crippen molar-refractivity contribution >= 4 is 52.9 Å². The molecule has 9 heteroatoms. The van der Waals surface area contributed by atoms with Crippen LogP contribution in [0.4, 0.5) is 11.4 Å². The molecule has 60 heavy (non-hydrogen) atoms. The lowest BCUT2D eigenvalue weighted by Crippen LogP contribution is -2.25. The molecule has 0 aromatic heterocycles. The molecule has 1 heterocycles. The summed E-state index contributed by atoms with van der Waals surface area (Å²) in [5, 5.41) is 28.3. The number of anilines is 2. The molecule has 0 saturated carbocycles. The molecule has 0 bridgehead atoms. The van der Waals surface area contributed by atoms with Gasteiger partial charge in [0, 0.05) is 52.3 Å². The number of nitrogens with one attached hydrogen (secondary N) is 2. The average Bonchev–Trinajstić information content (AvgIpc) is 3.52. The number of para-hydroxylation sites is 1. The lowest BCUT2D eigenvalue weighted by molar-refractivity contribution is 0.0695. The number of aliphatic imine (C=N–C) groups is 1. The summed E-state index contributed by atoms with van der Waals surface area (Å²) < 4.78 is 0. The quantitative estimate of drug-likeness (QED) is 0.124. The number of aryl methyl sites for hydroxylation is 2. The highest BCUT2D eigenvalue weighted by Gasteiger charge is 2.21. The van der Waals surface area contributed by atoms with Gasteiger partial charge in [0.2, 0.25) is 0 Å². The molecule has 4 N–H and O–H groups in total. The van der Waals surface area contributed by atoms with Gasteiger partial charge >= 0.3 is 11.9 Å². The van der Waals surface area contributed by atoms with Crippen LogP contribution in [-0.4, -0.2) is 40.1 Å². The summed E-state index contributed by atoms with van der Waals surface area (Å²) in [6.45, 7) is 3.54. The number of hydrogen-bond acceptors (Lipinski definition) is 6. The molecular weight excluding hydrogens is 751 g/mol. The van der Waals surface area contributed by atoms with E-state index < -0.39 is 11.9 Å². The van der Waals surface area contributed by atoms with E-state index in [4.69, 9.17) is 10.2 Å². The third kappa shape index (κ3) is 9.06. The first-order valence-electron chi connectivity index (χ1n) is 19.7. The van der Waals surface area contributed by atoms with Crippen molar-refractivity contribution in [3.8, 4) is 0 Å². The normalized spacial score (nSPS) is 12.7. The maximum absolute atomic E-state index is 13.6. The van der Waals surface area contributed by atoms with Crippen molar-refractivity contribution in [2.24, 2.45) is 4.99 Å². The van der Waals surface area contributed by atoms with Crippen LogP contribution < -0.4 is 21.1 Å². The molecule has 0 spiro atoms. The summed E-state index contributed by atoms with van der Waals surface area (Å²) in [7, 11) is 0. The number of carboxylic acid groups (broad SMARTS) is 2. The number of hydrogen-bond donors (Lipinski definition) is 4. The zero-order chi connectivity index (χ0) is 42.2. The Balaban J connectivity index is 0.000000184. The molecular formula is C51H43N3O6.